The molecule has 1 fully saturated rings. The first-order valence-corrected chi connectivity index (χ1v) is 6.77. The lowest BCUT2D eigenvalue weighted by atomic mass is 10.1. The van der Waals surface area contributed by atoms with Gasteiger partial charge >= 0.3 is 0 Å². The fourth-order valence-corrected chi connectivity index (χ4v) is 2.78. The van der Waals surface area contributed by atoms with E-state index in [1.54, 1.807) is 6.07 Å². The highest BCUT2D eigenvalue weighted by molar-refractivity contribution is 9.10. The molecule has 1 saturated heterocycles. The molecule has 2 rings (SSSR count). The normalized spacial score (nSPS) is 22.9. The molecule has 0 aromatic heterocycles. The van der Waals surface area contributed by atoms with E-state index in [0.717, 1.165) is 29.5 Å². The van der Waals surface area contributed by atoms with Crippen molar-refractivity contribution in [2.45, 2.75) is 25.4 Å². The van der Waals surface area contributed by atoms with E-state index in [1.165, 1.54) is 6.07 Å². The van der Waals surface area contributed by atoms with E-state index in [4.69, 9.17) is 0 Å². The van der Waals surface area contributed by atoms with Gasteiger partial charge in [-0.2, -0.15) is 0 Å². The Labute approximate surface area is 110 Å². The van der Waals surface area contributed by atoms with Crippen molar-refractivity contribution in [3.63, 3.8) is 0 Å². The smallest absolute Gasteiger partial charge is 0.128 e. The summed E-state index contributed by atoms with van der Waals surface area (Å²) in [5.41, 5.74) is 0.774. The molecule has 0 amide bonds. The molecule has 1 aliphatic rings. The summed E-state index contributed by atoms with van der Waals surface area (Å²) in [4.78, 5) is 2.33. The maximum absolute atomic E-state index is 13.8. The largest absolute Gasteiger partial charge is 0.316 e. The van der Waals surface area contributed by atoms with Gasteiger partial charge in [-0.25, -0.2) is 4.39 Å². The van der Waals surface area contributed by atoms with Gasteiger partial charge in [0.15, 0.2) is 0 Å². The molecule has 1 heterocycles. The van der Waals surface area contributed by atoms with Gasteiger partial charge in [0.25, 0.3) is 0 Å². The number of halogens is 2. The molecule has 0 spiro atoms. The summed E-state index contributed by atoms with van der Waals surface area (Å²) >= 11 is 3.40. The molecule has 0 saturated carbocycles. The van der Waals surface area contributed by atoms with Crippen LogP contribution in [-0.2, 0) is 0 Å². The van der Waals surface area contributed by atoms with E-state index in [-0.39, 0.29) is 11.9 Å². The van der Waals surface area contributed by atoms with Gasteiger partial charge in [0, 0.05) is 35.2 Å². The molecule has 2 nitrogen and oxygen atoms in total. The summed E-state index contributed by atoms with van der Waals surface area (Å²) in [7, 11) is 1.98. The summed E-state index contributed by atoms with van der Waals surface area (Å²) in [5.74, 6) is -0.117. The van der Waals surface area contributed by atoms with Crippen LogP contribution in [-0.4, -0.2) is 31.1 Å². The van der Waals surface area contributed by atoms with Crippen molar-refractivity contribution in [2.75, 3.05) is 20.1 Å². The van der Waals surface area contributed by atoms with Crippen LogP contribution in [0.5, 0.6) is 0 Å². The monoisotopic (exact) mass is 300 g/mol. The molecule has 1 N–H and O–H groups in total. The van der Waals surface area contributed by atoms with Gasteiger partial charge in [0.2, 0.25) is 0 Å². The molecule has 0 radical (unpaired) electrons. The number of hydrogen-bond acceptors (Lipinski definition) is 2. The highest BCUT2D eigenvalue weighted by Crippen LogP contribution is 2.28. The zero-order valence-electron chi connectivity index (χ0n) is 10.2. The van der Waals surface area contributed by atoms with Crippen LogP contribution in [0.2, 0.25) is 0 Å². The van der Waals surface area contributed by atoms with Crippen molar-refractivity contribution in [2.24, 2.45) is 0 Å². The number of nitrogens with zero attached hydrogens (tertiary/aromatic N) is 1. The van der Waals surface area contributed by atoms with Crippen molar-refractivity contribution in [3.05, 3.63) is 34.1 Å². The second kappa shape index (κ2) is 5.46. The third-order valence-corrected chi connectivity index (χ3v) is 4.08. The van der Waals surface area contributed by atoms with Crippen LogP contribution in [0, 0.1) is 5.82 Å². The first kappa shape index (κ1) is 13.0. The number of benzene rings is 1. The standard InChI is InChI=1S/C13H18BrFN2/c1-9(17-6-5-11(8-17)16-2)12-7-10(14)3-4-13(12)15/h3-4,7,9,11,16H,5-6,8H2,1-2H3. The number of rotatable bonds is 3. The molecular formula is C13H18BrFN2. The molecular weight excluding hydrogens is 283 g/mol. The fourth-order valence-electron chi connectivity index (χ4n) is 2.41. The lowest BCUT2D eigenvalue weighted by Crippen LogP contribution is -2.31. The van der Waals surface area contributed by atoms with Gasteiger partial charge in [-0.05, 0) is 38.6 Å². The Morgan fingerprint density at radius 3 is 2.94 bits per heavy atom. The van der Waals surface area contributed by atoms with Crippen LogP contribution in [0.1, 0.15) is 24.9 Å². The van der Waals surface area contributed by atoms with E-state index in [9.17, 15) is 4.39 Å². The van der Waals surface area contributed by atoms with Gasteiger partial charge in [0.05, 0.1) is 0 Å². The Hall–Kier alpha value is -0.450. The Balaban J connectivity index is 2.14. The number of likely N-dealkylation sites (N-methyl/N-ethyl adjacent to an activating group) is 1. The summed E-state index contributed by atoms with van der Waals surface area (Å²) in [6.45, 7) is 4.09. The zero-order chi connectivity index (χ0) is 12.4. The summed E-state index contributed by atoms with van der Waals surface area (Å²) in [5, 5.41) is 3.28. The van der Waals surface area contributed by atoms with Crippen LogP contribution in [0.3, 0.4) is 0 Å². The first-order chi connectivity index (χ1) is 8.11. The van der Waals surface area contributed by atoms with Crippen LogP contribution in [0.4, 0.5) is 4.39 Å². The van der Waals surface area contributed by atoms with Crippen LogP contribution in [0.25, 0.3) is 0 Å². The Morgan fingerprint density at radius 1 is 1.53 bits per heavy atom. The highest BCUT2D eigenvalue weighted by atomic mass is 79.9. The van der Waals surface area contributed by atoms with Gasteiger partial charge in [-0.1, -0.05) is 15.9 Å². The molecule has 2 unspecified atom stereocenters. The lowest BCUT2D eigenvalue weighted by Gasteiger charge is -2.25. The quantitative estimate of drug-likeness (QED) is 0.923. The number of hydrogen-bond donors (Lipinski definition) is 1. The summed E-state index contributed by atoms with van der Waals surface area (Å²) < 4.78 is 14.7. The highest BCUT2D eigenvalue weighted by Gasteiger charge is 2.27. The van der Waals surface area contributed by atoms with Crippen molar-refractivity contribution in [3.8, 4) is 0 Å². The minimum atomic E-state index is -0.117. The molecule has 1 aromatic rings. The van der Waals surface area contributed by atoms with Crippen LogP contribution < -0.4 is 5.32 Å². The van der Waals surface area contributed by atoms with E-state index < -0.39 is 0 Å². The zero-order valence-corrected chi connectivity index (χ0v) is 11.8. The third-order valence-electron chi connectivity index (χ3n) is 3.58. The Kier molecular flexibility index (Phi) is 4.17. The molecule has 94 valence electrons. The fraction of sp³-hybridized carbons (Fsp3) is 0.538. The third kappa shape index (κ3) is 2.87. The van der Waals surface area contributed by atoms with E-state index in [0.29, 0.717) is 6.04 Å². The number of nitrogens with one attached hydrogen (secondary N) is 1. The lowest BCUT2D eigenvalue weighted by molar-refractivity contribution is 0.251. The van der Waals surface area contributed by atoms with Crippen molar-refractivity contribution in [1.29, 1.82) is 0 Å². The molecule has 17 heavy (non-hydrogen) atoms. The van der Waals surface area contributed by atoms with Crippen LogP contribution in [0.15, 0.2) is 22.7 Å². The molecule has 2 atom stereocenters. The minimum absolute atomic E-state index is 0.117. The van der Waals surface area contributed by atoms with E-state index in [1.807, 2.05) is 13.1 Å². The minimum Gasteiger partial charge on any atom is -0.316 e. The molecule has 0 bridgehead atoms. The molecule has 1 aliphatic heterocycles. The van der Waals surface area contributed by atoms with Gasteiger partial charge < -0.3 is 5.32 Å². The summed E-state index contributed by atoms with van der Waals surface area (Å²) in [6, 6.07) is 5.82. The molecule has 0 aliphatic carbocycles. The second-order valence-corrected chi connectivity index (χ2v) is 5.53. The predicted octanol–water partition coefficient (Wildman–Crippen LogP) is 2.94. The van der Waals surface area contributed by atoms with Gasteiger partial charge in [-0.15, -0.1) is 0 Å². The molecule has 4 heteroatoms. The Morgan fingerprint density at radius 2 is 2.29 bits per heavy atom. The van der Waals surface area contributed by atoms with Crippen LogP contribution >= 0.6 is 15.9 Å². The average molecular weight is 301 g/mol. The van der Waals surface area contributed by atoms with E-state index in [2.05, 4.69) is 33.1 Å². The average Bonchev–Trinajstić information content (AvgIpc) is 2.80. The van der Waals surface area contributed by atoms with Crippen molar-refractivity contribution < 1.29 is 4.39 Å². The Bertz CT molecular complexity index is 397. The molecule has 1 aromatic carbocycles. The van der Waals surface area contributed by atoms with Gasteiger partial charge in [0.1, 0.15) is 5.82 Å². The predicted molar refractivity (Wildman–Crippen MR) is 71.6 cm³/mol. The van der Waals surface area contributed by atoms with Crippen molar-refractivity contribution in [1.82, 2.24) is 10.2 Å². The SMILES string of the molecule is CNC1CCN(C(C)c2cc(Br)ccc2F)C1. The first-order valence-electron chi connectivity index (χ1n) is 5.98. The van der Waals surface area contributed by atoms with Gasteiger partial charge in [-0.3, -0.25) is 4.90 Å². The summed E-state index contributed by atoms with van der Waals surface area (Å²) in [6.07, 6.45) is 1.14. The maximum Gasteiger partial charge on any atom is 0.128 e. The number of likely N-dealkylation sites (tertiary alicyclic amines) is 1. The van der Waals surface area contributed by atoms with Crippen molar-refractivity contribution >= 4 is 15.9 Å². The maximum atomic E-state index is 13.8. The topological polar surface area (TPSA) is 15.3 Å². The van der Waals surface area contributed by atoms with E-state index >= 15 is 0 Å². The second-order valence-electron chi connectivity index (χ2n) is 4.61.